The second kappa shape index (κ2) is 5.00. The van der Waals surface area contributed by atoms with Crippen LogP contribution in [0.4, 0.5) is 0 Å². The van der Waals surface area contributed by atoms with Crippen molar-refractivity contribution in [1.82, 2.24) is 0 Å². The Bertz CT molecular complexity index is 234. The summed E-state index contributed by atoms with van der Waals surface area (Å²) >= 11 is 5.16. The van der Waals surface area contributed by atoms with Gasteiger partial charge in [-0.1, -0.05) is 19.8 Å². The van der Waals surface area contributed by atoms with Gasteiger partial charge in [-0.05, 0) is 28.4 Å². The molecular formula is C9H14BrNS. The van der Waals surface area contributed by atoms with Gasteiger partial charge in [0.2, 0.25) is 0 Å². The fraction of sp³-hybridized carbons (Fsp3) is 0.556. The first-order valence-corrected chi connectivity index (χ1v) is 5.90. The quantitative estimate of drug-likeness (QED) is 0.863. The van der Waals surface area contributed by atoms with Gasteiger partial charge in [0.1, 0.15) is 0 Å². The van der Waals surface area contributed by atoms with Crippen LogP contribution >= 0.6 is 27.3 Å². The zero-order valence-corrected chi connectivity index (χ0v) is 9.62. The van der Waals surface area contributed by atoms with Gasteiger partial charge >= 0.3 is 0 Å². The predicted octanol–water partition coefficient (Wildman–Crippen LogP) is 3.70. The van der Waals surface area contributed by atoms with Crippen LogP contribution in [0.5, 0.6) is 0 Å². The molecule has 1 aromatic rings. The van der Waals surface area contributed by atoms with Crippen molar-refractivity contribution >= 4 is 27.3 Å². The lowest BCUT2D eigenvalue weighted by Gasteiger charge is -2.07. The van der Waals surface area contributed by atoms with E-state index < -0.39 is 0 Å². The standard InChI is InChI=1S/C9H14BrNS/c1-2-3-4-8(11)9-5-7(10)6-12-9/h5-6,8H,2-4,11H2,1H3/t8-/m1/s1. The Morgan fingerprint density at radius 3 is 2.92 bits per heavy atom. The van der Waals surface area contributed by atoms with E-state index in [-0.39, 0.29) is 6.04 Å². The SMILES string of the molecule is CCCC[C@@H](N)c1cc(Br)cs1. The van der Waals surface area contributed by atoms with Crippen molar-refractivity contribution in [3.8, 4) is 0 Å². The topological polar surface area (TPSA) is 26.0 Å². The zero-order chi connectivity index (χ0) is 8.97. The molecule has 1 rings (SSSR count). The second-order valence-corrected chi connectivity index (χ2v) is 4.77. The van der Waals surface area contributed by atoms with E-state index in [2.05, 4.69) is 34.3 Å². The fourth-order valence-electron chi connectivity index (χ4n) is 1.09. The first kappa shape index (κ1) is 10.2. The molecule has 0 saturated heterocycles. The predicted molar refractivity (Wildman–Crippen MR) is 58.5 cm³/mol. The van der Waals surface area contributed by atoms with Gasteiger partial charge in [0.15, 0.2) is 0 Å². The van der Waals surface area contributed by atoms with Crippen LogP contribution in [0.25, 0.3) is 0 Å². The van der Waals surface area contributed by atoms with Crippen molar-refractivity contribution in [2.24, 2.45) is 5.73 Å². The summed E-state index contributed by atoms with van der Waals surface area (Å²) in [4.78, 5) is 1.29. The maximum absolute atomic E-state index is 5.98. The van der Waals surface area contributed by atoms with Gasteiger partial charge in [-0.25, -0.2) is 0 Å². The fourth-order valence-corrected chi connectivity index (χ4v) is 2.57. The molecule has 2 N–H and O–H groups in total. The van der Waals surface area contributed by atoms with Crippen molar-refractivity contribution in [3.05, 3.63) is 20.8 Å². The van der Waals surface area contributed by atoms with Crippen molar-refractivity contribution in [3.63, 3.8) is 0 Å². The second-order valence-electron chi connectivity index (χ2n) is 2.92. The molecule has 68 valence electrons. The van der Waals surface area contributed by atoms with E-state index in [1.165, 1.54) is 17.7 Å². The summed E-state index contributed by atoms with van der Waals surface area (Å²) in [6, 6.07) is 2.35. The highest BCUT2D eigenvalue weighted by Gasteiger charge is 2.06. The molecule has 0 amide bonds. The highest BCUT2D eigenvalue weighted by Crippen LogP contribution is 2.26. The third-order valence-electron chi connectivity index (χ3n) is 1.82. The molecule has 0 fully saturated rings. The van der Waals surface area contributed by atoms with Crippen LogP contribution in [0.15, 0.2) is 15.9 Å². The maximum Gasteiger partial charge on any atom is 0.0390 e. The minimum absolute atomic E-state index is 0.237. The molecule has 1 atom stereocenters. The largest absolute Gasteiger partial charge is 0.323 e. The zero-order valence-electron chi connectivity index (χ0n) is 7.22. The summed E-state index contributed by atoms with van der Waals surface area (Å²) in [5.74, 6) is 0. The van der Waals surface area contributed by atoms with Gasteiger partial charge in [-0.2, -0.15) is 0 Å². The molecule has 0 bridgehead atoms. The molecule has 3 heteroatoms. The van der Waals surface area contributed by atoms with Crippen molar-refractivity contribution in [2.45, 2.75) is 32.2 Å². The molecule has 12 heavy (non-hydrogen) atoms. The molecule has 1 aromatic heterocycles. The molecule has 1 heterocycles. The summed E-state index contributed by atoms with van der Waals surface area (Å²) in [6.07, 6.45) is 3.54. The van der Waals surface area contributed by atoms with E-state index in [1.54, 1.807) is 11.3 Å². The number of hydrogen-bond acceptors (Lipinski definition) is 2. The van der Waals surface area contributed by atoms with Gasteiger partial charge in [-0.3, -0.25) is 0 Å². The number of halogens is 1. The average molecular weight is 248 g/mol. The van der Waals surface area contributed by atoms with Crippen LogP contribution in [-0.4, -0.2) is 0 Å². The summed E-state index contributed by atoms with van der Waals surface area (Å²) < 4.78 is 1.15. The molecule has 0 saturated carbocycles. The highest BCUT2D eigenvalue weighted by molar-refractivity contribution is 9.10. The Balaban J connectivity index is 2.47. The number of thiophene rings is 1. The number of nitrogens with two attached hydrogens (primary N) is 1. The molecule has 0 aliphatic carbocycles. The Hall–Kier alpha value is 0.140. The minimum Gasteiger partial charge on any atom is -0.323 e. The Kier molecular flexibility index (Phi) is 4.26. The number of hydrogen-bond donors (Lipinski definition) is 1. The highest BCUT2D eigenvalue weighted by atomic mass is 79.9. The van der Waals surface area contributed by atoms with E-state index in [4.69, 9.17) is 5.73 Å². The van der Waals surface area contributed by atoms with E-state index in [0.29, 0.717) is 0 Å². The number of rotatable bonds is 4. The summed E-state index contributed by atoms with van der Waals surface area (Å²) in [5.41, 5.74) is 5.98. The van der Waals surface area contributed by atoms with Crippen LogP contribution in [0.3, 0.4) is 0 Å². The third kappa shape index (κ3) is 2.88. The van der Waals surface area contributed by atoms with Gasteiger partial charge in [-0.15, -0.1) is 11.3 Å². The van der Waals surface area contributed by atoms with Gasteiger partial charge in [0.05, 0.1) is 0 Å². The third-order valence-corrected chi connectivity index (χ3v) is 3.65. The van der Waals surface area contributed by atoms with E-state index in [0.717, 1.165) is 10.9 Å². The van der Waals surface area contributed by atoms with Crippen molar-refractivity contribution in [1.29, 1.82) is 0 Å². The summed E-state index contributed by atoms with van der Waals surface area (Å²) in [6.45, 7) is 2.19. The molecule has 0 aromatic carbocycles. The Labute approximate surface area is 86.1 Å². The lowest BCUT2D eigenvalue weighted by Crippen LogP contribution is -2.07. The van der Waals surface area contributed by atoms with E-state index in [9.17, 15) is 0 Å². The number of unbranched alkanes of at least 4 members (excludes halogenated alkanes) is 1. The lowest BCUT2D eigenvalue weighted by atomic mass is 10.1. The molecule has 0 spiro atoms. The molecular weight excluding hydrogens is 234 g/mol. The first-order chi connectivity index (χ1) is 5.74. The van der Waals surface area contributed by atoms with Crippen LogP contribution in [0.2, 0.25) is 0 Å². The van der Waals surface area contributed by atoms with E-state index in [1.807, 2.05) is 0 Å². The first-order valence-electron chi connectivity index (χ1n) is 4.23. The molecule has 0 unspecified atom stereocenters. The van der Waals surface area contributed by atoms with Crippen molar-refractivity contribution < 1.29 is 0 Å². The summed E-state index contributed by atoms with van der Waals surface area (Å²) in [5, 5.41) is 2.08. The average Bonchev–Trinajstić information content (AvgIpc) is 2.47. The smallest absolute Gasteiger partial charge is 0.0390 e. The lowest BCUT2D eigenvalue weighted by molar-refractivity contribution is 0.611. The normalized spacial score (nSPS) is 13.2. The van der Waals surface area contributed by atoms with Gasteiger partial charge in [0, 0.05) is 20.8 Å². The van der Waals surface area contributed by atoms with Crippen LogP contribution in [0.1, 0.15) is 37.1 Å². The molecule has 0 radical (unpaired) electrons. The van der Waals surface area contributed by atoms with Crippen molar-refractivity contribution in [2.75, 3.05) is 0 Å². The summed E-state index contributed by atoms with van der Waals surface area (Å²) in [7, 11) is 0. The van der Waals surface area contributed by atoms with Gasteiger partial charge < -0.3 is 5.73 Å². The molecule has 0 aliphatic heterocycles. The molecule has 1 nitrogen and oxygen atoms in total. The molecule has 0 aliphatic rings. The van der Waals surface area contributed by atoms with Crippen LogP contribution in [-0.2, 0) is 0 Å². The Morgan fingerprint density at radius 1 is 1.67 bits per heavy atom. The van der Waals surface area contributed by atoms with E-state index >= 15 is 0 Å². The minimum atomic E-state index is 0.237. The van der Waals surface area contributed by atoms with Crippen LogP contribution < -0.4 is 5.73 Å². The maximum atomic E-state index is 5.98. The Morgan fingerprint density at radius 2 is 2.42 bits per heavy atom. The van der Waals surface area contributed by atoms with Gasteiger partial charge in [0.25, 0.3) is 0 Å². The monoisotopic (exact) mass is 247 g/mol. The van der Waals surface area contributed by atoms with Crippen LogP contribution in [0, 0.1) is 0 Å².